The highest BCUT2D eigenvalue weighted by atomic mass is 127. The van der Waals surface area contributed by atoms with E-state index in [9.17, 15) is 9.59 Å². The second-order valence-corrected chi connectivity index (χ2v) is 18.7. The third kappa shape index (κ3) is 14.8. The van der Waals surface area contributed by atoms with Crippen LogP contribution in [0.2, 0.25) is 20.1 Å². The number of rotatable bonds is 14. The average Bonchev–Trinajstić information content (AvgIpc) is 3.84. The molecule has 2 aliphatic rings. The van der Waals surface area contributed by atoms with E-state index >= 15 is 0 Å². The number of ether oxygens (including phenoxy) is 6. The van der Waals surface area contributed by atoms with Crippen LogP contribution in [-0.4, -0.2) is 173 Å². The van der Waals surface area contributed by atoms with E-state index in [1.807, 2.05) is 60.0 Å². The predicted molar refractivity (Wildman–Crippen MR) is 296 cm³/mol. The zero-order valence-corrected chi connectivity index (χ0v) is 46.9. The normalized spacial score (nSPS) is 13.1. The minimum Gasteiger partial charge on any atom is -0.495 e. The van der Waals surface area contributed by atoms with E-state index in [4.69, 9.17) is 84.9 Å². The van der Waals surface area contributed by atoms with Crippen LogP contribution in [0.1, 0.15) is 18.8 Å². The fraction of sp³-hybridized carbons (Fsp3) is 0.404. The lowest BCUT2D eigenvalue weighted by Gasteiger charge is -2.36. The van der Waals surface area contributed by atoms with Gasteiger partial charge in [-0.1, -0.05) is 53.8 Å². The maximum atomic E-state index is 13.1. The van der Waals surface area contributed by atoms with Crippen molar-refractivity contribution in [1.82, 2.24) is 49.3 Å². The first-order valence-electron chi connectivity index (χ1n) is 22.6. The van der Waals surface area contributed by atoms with Gasteiger partial charge in [-0.05, 0) is 60.7 Å². The van der Waals surface area contributed by atoms with Crippen molar-refractivity contribution in [2.45, 2.75) is 34.4 Å². The number of nitrogens with zero attached hydrogens (tertiary/aromatic N) is 12. The van der Waals surface area contributed by atoms with E-state index in [-0.39, 0.29) is 61.6 Å². The standard InChI is InChI=1S/C23H26Cl2N6O4.C17H19Cl2IN4O2.C6H9BN2O4.CH4/c1-14-20(25)21(16-12-26-23(35-4)27-22(16)34-3)28-31(14)13-19(32)30-9-7-29(8-10-30)15-5-6-17(24)18(11-15)33-2;1-11-16(19)17(20)21-24(11)10-15(25)23-7-5-22(6-8-23)12-3-4-13(18)14(9-12)26-2;1-12-5-4(7(10)11)3-8-6(9-5)13-2;/h5-6,11-12H,7-10,13H2,1-4H3;3-4,9H,5-8,10H2,1-2H3;3,10-11H,1-2H3;1H4. The maximum absolute atomic E-state index is 13.1. The highest BCUT2D eigenvalue weighted by molar-refractivity contribution is 14.1. The lowest BCUT2D eigenvalue weighted by molar-refractivity contribution is -0.133. The summed E-state index contributed by atoms with van der Waals surface area (Å²) in [6, 6.07) is 11.7. The first-order chi connectivity index (χ1) is 35.4. The average molecular weight is 1230 g/mol. The Morgan fingerprint density at radius 1 is 0.613 bits per heavy atom. The fourth-order valence-corrected chi connectivity index (χ4v) is 9.05. The summed E-state index contributed by atoms with van der Waals surface area (Å²) in [7, 11) is 7.28. The van der Waals surface area contributed by atoms with Gasteiger partial charge in [-0.3, -0.25) is 19.0 Å². The third-order valence-corrected chi connectivity index (χ3v) is 14.4. The van der Waals surface area contributed by atoms with Crippen LogP contribution >= 0.6 is 69.0 Å². The molecule has 6 heterocycles. The molecule has 75 heavy (non-hydrogen) atoms. The van der Waals surface area contributed by atoms with Crippen molar-refractivity contribution in [2.24, 2.45) is 0 Å². The summed E-state index contributed by atoms with van der Waals surface area (Å²) >= 11 is 27.0. The van der Waals surface area contributed by atoms with Crippen molar-refractivity contribution < 1.29 is 48.1 Å². The van der Waals surface area contributed by atoms with Gasteiger partial charge in [0.2, 0.25) is 23.6 Å². The Morgan fingerprint density at radius 2 is 1.05 bits per heavy atom. The number of halogens is 5. The number of amides is 2. The number of piperazine rings is 2. The quantitative estimate of drug-likeness (QED) is 0.0999. The summed E-state index contributed by atoms with van der Waals surface area (Å²) in [5.74, 6) is 1.67. The lowest BCUT2D eigenvalue weighted by atomic mass is 9.82. The Balaban J connectivity index is 0.000000228. The molecule has 22 nitrogen and oxygen atoms in total. The summed E-state index contributed by atoms with van der Waals surface area (Å²) in [6.07, 6.45) is 2.77. The van der Waals surface area contributed by atoms with Crippen molar-refractivity contribution in [3.63, 3.8) is 0 Å². The van der Waals surface area contributed by atoms with Gasteiger partial charge in [-0.15, -0.1) is 0 Å². The minimum absolute atomic E-state index is 0. The van der Waals surface area contributed by atoms with E-state index in [1.54, 1.807) is 23.6 Å². The SMILES string of the molecule is C.COc1cc(N2CCN(C(=O)Cn3nc(I)c(Cl)c3C)CC2)ccc1Cl.COc1ncc(-c2nn(CC(=O)N3CCN(c4ccc(Cl)c(OC)c4)CC3)c(C)c2Cl)c(OC)n1.COc1ncc(B(O)O)c(OC)n1. The van der Waals surface area contributed by atoms with Gasteiger partial charge < -0.3 is 58.1 Å². The largest absolute Gasteiger partial charge is 0.495 e. The molecule has 0 unspecified atom stereocenters. The molecular formula is C47H58BCl4IN12O10. The summed E-state index contributed by atoms with van der Waals surface area (Å²) in [5.41, 5.74) is 4.59. The van der Waals surface area contributed by atoms with Gasteiger partial charge in [-0.2, -0.15) is 20.2 Å². The van der Waals surface area contributed by atoms with Crippen LogP contribution in [0.3, 0.4) is 0 Å². The Kier molecular flexibility index (Phi) is 22.3. The summed E-state index contributed by atoms with van der Waals surface area (Å²) in [6.45, 7) is 9.37. The molecule has 6 aromatic rings. The molecule has 0 saturated carbocycles. The van der Waals surface area contributed by atoms with Crippen LogP contribution in [-0.2, 0) is 22.7 Å². The molecule has 2 aromatic carbocycles. The number of carbonyl (C=O) groups is 2. The molecule has 28 heteroatoms. The number of anilines is 2. The topological polar surface area (TPSA) is 230 Å². The van der Waals surface area contributed by atoms with Gasteiger partial charge >= 0.3 is 19.1 Å². The van der Waals surface area contributed by atoms with Gasteiger partial charge in [0.25, 0.3) is 0 Å². The van der Waals surface area contributed by atoms with Crippen molar-refractivity contribution in [3.05, 3.63) is 84.0 Å². The van der Waals surface area contributed by atoms with Crippen LogP contribution in [0.25, 0.3) is 11.3 Å². The zero-order valence-electron chi connectivity index (χ0n) is 41.7. The van der Waals surface area contributed by atoms with Crippen molar-refractivity contribution in [2.75, 3.05) is 105 Å². The molecule has 0 radical (unpaired) electrons. The molecule has 0 atom stereocenters. The second kappa shape index (κ2) is 27.9. The smallest absolute Gasteiger partial charge is 0.495 e. The van der Waals surface area contributed by atoms with E-state index < -0.39 is 7.12 Å². The van der Waals surface area contributed by atoms with E-state index in [0.29, 0.717) is 87.8 Å². The Labute approximate surface area is 468 Å². The zero-order chi connectivity index (χ0) is 53.8. The molecule has 2 aliphatic heterocycles. The molecule has 8 rings (SSSR count). The van der Waals surface area contributed by atoms with E-state index in [2.05, 4.69) is 62.5 Å². The Bertz CT molecular complexity index is 2910. The number of aromatic nitrogens is 8. The van der Waals surface area contributed by atoms with Crippen LogP contribution in [0.15, 0.2) is 48.8 Å². The minimum atomic E-state index is -1.65. The Morgan fingerprint density at radius 3 is 1.47 bits per heavy atom. The van der Waals surface area contributed by atoms with E-state index in [0.717, 1.165) is 33.9 Å². The lowest BCUT2D eigenvalue weighted by Crippen LogP contribution is -2.49. The number of methoxy groups -OCH3 is 6. The monoisotopic (exact) mass is 1230 g/mol. The predicted octanol–water partition coefficient (Wildman–Crippen LogP) is 5.60. The fourth-order valence-electron chi connectivity index (χ4n) is 7.63. The molecule has 0 aliphatic carbocycles. The maximum Gasteiger partial charge on any atom is 0.495 e. The molecule has 2 N–H and O–H groups in total. The number of hydrogen-bond donors (Lipinski definition) is 2. The molecule has 4 aromatic heterocycles. The van der Waals surface area contributed by atoms with Crippen molar-refractivity contribution >= 4 is 105 Å². The number of hydrogen-bond acceptors (Lipinski definition) is 18. The van der Waals surface area contributed by atoms with Crippen LogP contribution in [0, 0.1) is 17.5 Å². The van der Waals surface area contributed by atoms with Crippen LogP contribution in [0.5, 0.6) is 35.3 Å². The Hall–Kier alpha value is -5.77. The van der Waals surface area contributed by atoms with Gasteiger partial charge in [0.1, 0.15) is 34.0 Å². The van der Waals surface area contributed by atoms with Crippen molar-refractivity contribution in [3.8, 4) is 46.5 Å². The summed E-state index contributed by atoms with van der Waals surface area (Å²) < 4.78 is 34.5. The molecule has 0 bridgehead atoms. The molecule has 2 amide bonds. The highest BCUT2D eigenvalue weighted by Gasteiger charge is 2.27. The summed E-state index contributed by atoms with van der Waals surface area (Å²) in [4.78, 5) is 49.6. The number of benzene rings is 2. The molecule has 2 saturated heterocycles. The number of carbonyl (C=O) groups excluding carboxylic acids is 2. The first kappa shape index (κ1) is 60.1. The van der Waals surface area contributed by atoms with Gasteiger partial charge in [0, 0.05) is 88.3 Å². The van der Waals surface area contributed by atoms with Gasteiger partial charge in [-0.25, -0.2) is 9.97 Å². The van der Waals surface area contributed by atoms with Crippen LogP contribution < -0.4 is 43.7 Å². The van der Waals surface area contributed by atoms with Crippen molar-refractivity contribution in [1.29, 1.82) is 0 Å². The summed E-state index contributed by atoms with van der Waals surface area (Å²) in [5, 5.41) is 28.8. The van der Waals surface area contributed by atoms with Gasteiger partial charge in [0.15, 0.2) is 0 Å². The third-order valence-electron chi connectivity index (χ3n) is 11.8. The van der Waals surface area contributed by atoms with Crippen LogP contribution in [0.4, 0.5) is 11.4 Å². The van der Waals surface area contributed by atoms with Gasteiger partial charge in [0.05, 0.1) is 85.2 Å². The first-order valence-corrected chi connectivity index (χ1v) is 25.1. The second-order valence-electron chi connectivity index (χ2n) is 16.1. The highest BCUT2D eigenvalue weighted by Crippen LogP contribution is 2.36. The molecule has 2 fully saturated rings. The van der Waals surface area contributed by atoms with E-state index in [1.165, 1.54) is 40.8 Å². The molecule has 0 spiro atoms. The molecular weight excluding hydrogens is 1170 g/mol. The molecule has 404 valence electrons.